The van der Waals surface area contributed by atoms with E-state index in [0.29, 0.717) is 6.54 Å². The van der Waals surface area contributed by atoms with Crippen molar-refractivity contribution in [1.29, 1.82) is 0 Å². The van der Waals surface area contributed by atoms with E-state index in [2.05, 4.69) is 26.6 Å². The molecule has 2 aromatic rings. The summed E-state index contributed by atoms with van der Waals surface area (Å²) >= 11 is 3.46. The number of hydrogen-bond acceptors (Lipinski definition) is 3. The van der Waals surface area contributed by atoms with E-state index in [1.807, 2.05) is 49.5 Å². The lowest BCUT2D eigenvalue weighted by Crippen LogP contribution is -2.36. The van der Waals surface area contributed by atoms with Crippen LogP contribution in [0.15, 0.2) is 46.9 Å². The molecule has 1 amide bonds. The quantitative estimate of drug-likeness (QED) is 0.883. The van der Waals surface area contributed by atoms with E-state index in [-0.39, 0.29) is 5.91 Å². The molecule has 0 radical (unpaired) electrons. The lowest BCUT2D eigenvalue weighted by atomic mass is 10.1. The number of halogens is 1. The molecule has 3 rings (SSSR count). The van der Waals surface area contributed by atoms with Gasteiger partial charge in [0.1, 0.15) is 0 Å². The molecule has 4 nitrogen and oxygen atoms in total. The van der Waals surface area contributed by atoms with Crippen molar-refractivity contribution in [2.24, 2.45) is 0 Å². The molecule has 102 valence electrons. The lowest BCUT2D eigenvalue weighted by Gasteiger charge is -2.30. The van der Waals surface area contributed by atoms with Crippen LogP contribution in [0, 0.1) is 0 Å². The molecule has 2 aromatic carbocycles. The Hall–Kier alpha value is -2.01. The van der Waals surface area contributed by atoms with E-state index in [9.17, 15) is 4.79 Å². The first-order valence-corrected chi connectivity index (χ1v) is 7.12. The molecule has 0 aromatic heterocycles. The molecule has 1 heterocycles. The molecule has 0 aliphatic carbocycles. The van der Waals surface area contributed by atoms with E-state index in [1.54, 1.807) is 4.90 Å². The molecule has 0 saturated carbocycles. The molecule has 0 unspecified atom stereocenters. The van der Waals surface area contributed by atoms with Gasteiger partial charge in [-0.1, -0.05) is 22.0 Å². The minimum absolute atomic E-state index is 0.0313. The van der Waals surface area contributed by atoms with Gasteiger partial charge in [-0.2, -0.15) is 0 Å². The van der Waals surface area contributed by atoms with Gasteiger partial charge < -0.3 is 10.6 Å². The van der Waals surface area contributed by atoms with Gasteiger partial charge in [-0.15, -0.1) is 0 Å². The van der Waals surface area contributed by atoms with E-state index in [0.717, 1.165) is 27.2 Å². The first-order valence-electron chi connectivity index (χ1n) is 6.33. The number of carbonyl (C=O) groups excluding carboxylic acids is 1. The molecule has 0 bridgehead atoms. The summed E-state index contributed by atoms with van der Waals surface area (Å²) in [6.45, 7) is 0.304. The molecule has 5 heteroatoms. The van der Waals surface area contributed by atoms with Crippen LogP contribution in [0.2, 0.25) is 0 Å². The zero-order valence-electron chi connectivity index (χ0n) is 11.0. The zero-order valence-corrected chi connectivity index (χ0v) is 12.6. The number of carbonyl (C=O) groups is 1. The maximum Gasteiger partial charge on any atom is 0.250 e. The number of benzene rings is 2. The van der Waals surface area contributed by atoms with Gasteiger partial charge in [0.05, 0.1) is 23.6 Å². The maximum absolute atomic E-state index is 12.3. The van der Waals surface area contributed by atoms with Crippen LogP contribution in [0.4, 0.5) is 22.7 Å². The molecular formula is C15H14BrN3O. The number of fused-ring (bicyclic) bond motifs is 1. The Kier molecular flexibility index (Phi) is 3.36. The lowest BCUT2D eigenvalue weighted by molar-refractivity contribution is -0.116. The standard InChI is InChI=1S/C15H14BrN3O/c1-17-11-3-2-4-12(8-11)19-14-7-10(16)5-6-13(14)18-9-15(19)20/h2-8,17-18H,9H2,1H3. The van der Waals surface area contributed by atoms with Crippen LogP contribution in [0.1, 0.15) is 0 Å². The number of nitrogens with one attached hydrogen (secondary N) is 2. The summed E-state index contributed by atoms with van der Waals surface area (Å²) in [6, 6.07) is 13.7. The molecule has 1 aliphatic heterocycles. The highest BCUT2D eigenvalue weighted by molar-refractivity contribution is 9.10. The predicted molar refractivity (Wildman–Crippen MR) is 85.8 cm³/mol. The summed E-state index contributed by atoms with van der Waals surface area (Å²) in [6.07, 6.45) is 0. The van der Waals surface area contributed by atoms with E-state index in [4.69, 9.17) is 0 Å². The Bertz CT molecular complexity index is 672. The summed E-state index contributed by atoms with van der Waals surface area (Å²) in [7, 11) is 1.86. The van der Waals surface area contributed by atoms with Crippen LogP contribution >= 0.6 is 15.9 Å². The van der Waals surface area contributed by atoms with Gasteiger partial charge in [0.15, 0.2) is 0 Å². The molecule has 0 saturated heterocycles. The van der Waals surface area contributed by atoms with Crippen molar-refractivity contribution >= 4 is 44.6 Å². The van der Waals surface area contributed by atoms with Crippen LogP contribution in [-0.2, 0) is 4.79 Å². The minimum Gasteiger partial charge on any atom is -0.388 e. The summed E-state index contributed by atoms with van der Waals surface area (Å²) in [5, 5.41) is 6.23. The van der Waals surface area contributed by atoms with Gasteiger partial charge in [0.25, 0.3) is 5.91 Å². The van der Waals surface area contributed by atoms with Crippen LogP contribution in [0.3, 0.4) is 0 Å². The summed E-state index contributed by atoms with van der Waals surface area (Å²) in [5.74, 6) is 0.0313. The molecule has 2 N–H and O–H groups in total. The topological polar surface area (TPSA) is 44.4 Å². The summed E-state index contributed by atoms with van der Waals surface area (Å²) in [4.78, 5) is 14.0. The molecule has 1 aliphatic rings. The molecular weight excluding hydrogens is 318 g/mol. The van der Waals surface area contributed by atoms with Crippen molar-refractivity contribution in [2.45, 2.75) is 0 Å². The fraction of sp³-hybridized carbons (Fsp3) is 0.133. The van der Waals surface area contributed by atoms with Gasteiger partial charge in [0.2, 0.25) is 0 Å². The normalized spacial score (nSPS) is 13.7. The van der Waals surface area contributed by atoms with Crippen molar-refractivity contribution in [3.63, 3.8) is 0 Å². The van der Waals surface area contributed by atoms with Gasteiger partial charge >= 0.3 is 0 Å². The Labute approximate surface area is 125 Å². The van der Waals surface area contributed by atoms with E-state index >= 15 is 0 Å². The first kappa shape index (κ1) is 13.0. The van der Waals surface area contributed by atoms with E-state index in [1.165, 1.54) is 0 Å². The van der Waals surface area contributed by atoms with Crippen LogP contribution in [0.25, 0.3) is 0 Å². The van der Waals surface area contributed by atoms with Crippen molar-refractivity contribution in [3.05, 3.63) is 46.9 Å². The van der Waals surface area contributed by atoms with Gasteiger partial charge in [-0.05, 0) is 36.4 Å². The van der Waals surface area contributed by atoms with Crippen LogP contribution in [0.5, 0.6) is 0 Å². The number of anilines is 4. The zero-order chi connectivity index (χ0) is 14.1. The average Bonchev–Trinajstić information content (AvgIpc) is 2.47. The second kappa shape index (κ2) is 5.17. The number of amides is 1. The Morgan fingerprint density at radius 3 is 2.90 bits per heavy atom. The van der Waals surface area contributed by atoms with Crippen LogP contribution in [-0.4, -0.2) is 19.5 Å². The summed E-state index contributed by atoms with van der Waals surface area (Å²) in [5.41, 5.74) is 3.67. The first-order chi connectivity index (χ1) is 9.69. The van der Waals surface area contributed by atoms with Crippen molar-refractivity contribution in [2.75, 3.05) is 29.1 Å². The van der Waals surface area contributed by atoms with Gasteiger partial charge in [0, 0.05) is 17.2 Å². The molecule has 0 fully saturated rings. The van der Waals surface area contributed by atoms with Crippen molar-refractivity contribution < 1.29 is 4.79 Å². The van der Waals surface area contributed by atoms with Crippen molar-refractivity contribution in [3.8, 4) is 0 Å². The Balaban J connectivity index is 2.12. The monoisotopic (exact) mass is 331 g/mol. The fourth-order valence-corrected chi connectivity index (χ4v) is 2.66. The highest BCUT2D eigenvalue weighted by Gasteiger charge is 2.25. The highest BCUT2D eigenvalue weighted by atomic mass is 79.9. The third-order valence-electron chi connectivity index (χ3n) is 3.27. The Morgan fingerprint density at radius 2 is 2.10 bits per heavy atom. The number of nitrogens with zero attached hydrogens (tertiary/aromatic N) is 1. The largest absolute Gasteiger partial charge is 0.388 e. The minimum atomic E-state index is 0.0313. The molecule has 0 atom stereocenters. The SMILES string of the molecule is CNc1cccc(N2C(=O)CNc3ccc(Br)cc32)c1. The van der Waals surface area contributed by atoms with Gasteiger partial charge in [-0.3, -0.25) is 9.69 Å². The van der Waals surface area contributed by atoms with Gasteiger partial charge in [-0.25, -0.2) is 0 Å². The molecule has 0 spiro atoms. The maximum atomic E-state index is 12.3. The second-order valence-corrected chi connectivity index (χ2v) is 5.46. The number of rotatable bonds is 2. The van der Waals surface area contributed by atoms with Crippen molar-refractivity contribution in [1.82, 2.24) is 0 Å². The second-order valence-electron chi connectivity index (χ2n) is 4.54. The number of hydrogen-bond donors (Lipinski definition) is 2. The molecule has 20 heavy (non-hydrogen) atoms. The Morgan fingerprint density at radius 1 is 1.25 bits per heavy atom. The van der Waals surface area contributed by atoms with E-state index < -0.39 is 0 Å². The summed E-state index contributed by atoms with van der Waals surface area (Å²) < 4.78 is 0.947. The third-order valence-corrected chi connectivity index (χ3v) is 3.77. The fourth-order valence-electron chi connectivity index (χ4n) is 2.31. The average molecular weight is 332 g/mol. The third kappa shape index (κ3) is 2.25. The van der Waals surface area contributed by atoms with Crippen LogP contribution < -0.4 is 15.5 Å². The predicted octanol–water partition coefficient (Wildman–Crippen LogP) is 3.58. The smallest absolute Gasteiger partial charge is 0.250 e. The highest BCUT2D eigenvalue weighted by Crippen LogP contribution is 2.37.